The molecule has 19 heavy (non-hydrogen) atoms. The van der Waals surface area contributed by atoms with Crippen LogP contribution < -0.4 is 5.73 Å². The Morgan fingerprint density at radius 2 is 2.00 bits per heavy atom. The van der Waals surface area contributed by atoms with Crippen molar-refractivity contribution in [2.75, 3.05) is 39.8 Å². The van der Waals surface area contributed by atoms with Crippen molar-refractivity contribution in [1.29, 1.82) is 0 Å². The van der Waals surface area contributed by atoms with E-state index in [0.29, 0.717) is 6.54 Å². The monoisotopic (exact) mass is 261 g/mol. The van der Waals surface area contributed by atoms with Gasteiger partial charge in [0, 0.05) is 25.2 Å². The number of carbonyl (C=O) groups is 1. The van der Waals surface area contributed by atoms with E-state index in [-0.39, 0.29) is 5.91 Å². The fourth-order valence-electron chi connectivity index (χ4n) is 2.52. The summed E-state index contributed by atoms with van der Waals surface area (Å²) < 4.78 is 0. The third kappa shape index (κ3) is 3.55. The second-order valence-electron chi connectivity index (χ2n) is 5.14. The zero-order valence-corrected chi connectivity index (χ0v) is 11.6. The van der Waals surface area contributed by atoms with Crippen molar-refractivity contribution < 1.29 is 4.79 Å². The minimum Gasteiger partial charge on any atom is -0.337 e. The predicted molar refractivity (Wildman–Crippen MR) is 77.2 cm³/mol. The molecular weight excluding hydrogens is 238 g/mol. The van der Waals surface area contributed by atoms with Crippen LogP contribution in [0.3, 0.4) is 0 Å². The molecule has 0 aromatic heterocycles. The quantitative estimate of drug-likeness (QED) is 0.882. The van der Waals surface area contributed by atoms with E-state index < -0.39 is 0 Å². The van der Waals surface area contributed by atoms with Crippen molar-refractivity contribution in [3.05, 3.63) is 35.4 Å². The highest BCUT2D eigenvalue weighted by Crippen LogP contribution is 2.14. The Kier molecular flexibility index (Phi) is 4.93. The molecule has 4 heteroatoms. The number of nitrogens with zero attached hydrogens (tertiary/aromatic N) is 2. The summed E-state index contributed by atoms with van der Waals surface area (Å²) >= 11 is 0. The molecule has 1 aromatic carbocycles. The molecule has 2 rings (SSSR count). The smallest absolute Gasteiger partial charge is 0.254 e. The molecular formula is C15H23N3O. The van der Waals surface area contributed by atoms with Gasteiger partial charge in [-0.15, -0.1) is 0 Å². The van der Waals surface area contributed by atoms with Gasteiger partial charge in [-0.3, -0.25) is 4.79 Å². The maximum Gasteiger partial charge on any atom is 0.254 e. The number of benzene rings is 1. The van der Waals surface area contributed by atoms with E-state index in [1.54, 1.807) is 0 Å². The molecule has 1 aliphatic rings. The average molecular weight is 261 g/mol. The Hall–Kier alpha value is -1.39. The van der Waals surface area contributed by atoms with Crippen molar-refractivity contribution >= 4 is 5.91 Å². The maximum absolute atomic E-state index is 12.6. The van der Waals surface area contributed by atoms with Crippen molar-refractivity contribution in [3.8, 4) is 0 Å². The fraction of sp³-hybridized carbons (Fsp3) is 0.533. The Balaban J connectivity index is 2.14. The summed E-state index contributed by atoms with van der Waals surface area (Å²) in [5.41, 5.74) is 7.50. The van der Waals surface area contributed by atoms with Gasteiger partial charge in [0.1, 0.15) is 0 Å². The van der Waals surface area contributed by atoms with Gasteiger partial charge >= 0.3 is 0 Å². The molecule has 1 aliphatic heterocycles. The van der Waals surface area contributed by atoms with Crippen molar-refractivity contribution in [3.63, 3.8) is 0 Å². The van der Waals surface area contributed by atoms with Crippen LogP contribution in [0.25, 0.3) is 0 Å². The first-order valence-corrected chi connectivity index (χ1v) is 6.98. The van der Waals surface area contributed by atoms with Gasteiger partial charge < -0.3 is 15.5 Å². The normalized spacial score (nSPS) is 17.3. The molecule has 1 aromatic rings. The van der Waals surface area contributed by atoms with Crippen LogP contribution >= 0.6 is 0 Å². The molecule has 104 valence electrons. The van der Waals surface area contributed by atoms with Crippen molar-refractivity contribution in [1.82, 2.24) is 9.80 Å². The van der Waals surface area contributed by atoms with Gasteiger partial charge in [0.15, 0.2) is 0 Å². The van der Waals surface area contributed by atoms with E-state index >= 15 is 0 Å². The van der Waals surface area contributed by atoms with E-state index in [1.807, 2.05) is 29.2 Å². The zero-order chi connectivity index (χ0) is 13.7. The standard InChI is InChI=1S/C15H23N3O/c1-17-9-4-10-18(12-11-17)15(19)14-6-3-2-5-13(14)7-8-16/h2-3,5-6H,4,7-12,16H2,1H3. The Morgan fingerprint density at radius 1 is 1.21 bits per heavy atom. The van der Waals surface area contributed by atoms with Gasteiger partial charge in [0.05, 0.1) is 0 Å². The number of hydrogen-bond acceptors (Lipinski definition) is 3. The second-order valence-corrected chi connectivity index (χ2v) is 5.14. The molecule has 1 amide bonds. The molecule has 0 bridgehead atoms. The lowest BCUT2D eigenvalue weighted by Gasteiger charge is -2.22. The van der Waals surface area contributed by atoms with Crippen LogP contribution in [0.4, 0.5) is 0 Å². The Morgan fingerprint density at radius 3 is 2.79 bits per heavy atom. The second kappa shape index (κ2) is 6.68. The molecule has 0 radical (unpaired) electrons. The van der Waals surface area contributed by atoms with Gasteiger partial charge in [-0.2, -0.15) is 0 Å². The average Bonchev–Trinajstić information content (AvgIpc) is 2.64. The van der Waals surface area contributed by atoms with Crippen LogP contribution in [-0.2, 0) is 6.42 Å². The first kappa shape index (κ1) is 14.0. The number of carbonyl (C=O) groups excluding carboxylic acids is 1. The third-order valence-electron chi connectivity index (χ3n) is 3.67. The molecule has 0 spiro atoms. The van der Waals surface area contributed by atoms with Gasteiger partial charge in [0.2, 0.25) is 0 Å². The number of likely N-dealkylation sites (N-methyl/N-ethyl adjacent to an activating group) is 1. The largest absolute Gasteiger partial charge is 0.337 e. The maximum atomic E-state index is 12.6. The lowest BCUT2D eigenvalue weighted by molar-refractivity contribution is 0.0762. The summed E-state index contributed by atoms with van der Waals surface area (Å²) in [4.78, 5) is 16.9. The first-order valence-electron chi connectivity index (χ1n) is 6.98. The van der Waals surface area contributed by atoms with Crippen molar-refractivity contribution in [2.45, 2.75) is 12.8 Å². The van der Waals surface area contributed by atoms with Gasteiger partial charge in [-0.1, -0.05) is 18.2 Å². The highest BCUT2D eigenvalue weighted by molar-refractivity contribution is 5.95. The lowest BCUT2D eigenvalue weighted by Crippen LogP contribution is -2.35. The van der Waals surface area contributed by atoms with E-state index in [1.165, 1.54) is 0 Å². The summed E-state index contributed by atoms with van der Waals surface area (Å²) in [5, 5.41) is 0. The Bertz CT molecular complexity index is 433. The highest BCUT2D eigenvalue weighted by Gasteiger charge is 2.20. The molecule has 1 heterocycles. The first-order chi connectivity index (χ1) is 9.22. The highest BCUT2D eigenvalue weighted by atomic mass is 16.2. The van der Waals surface area contributed by atoms with Crippen LogP contribution in [0.2, 0.25) is 0 Å². The molecule has 1 fully saturated rings. The summed E-state index contributed by atoms with van der Waals surface area (Å²) in [6.45, 7) is 4.25. The SMILES string of the molecule is CN1CCCN(C(=O)c2ccccc2CCN)CC1. The molecule has 0 saturated carbocycles. The van der Waals surface area contributed by atoms with Gasteiger partial charge in [-0.05, 0) is 44.6 Å². The van der Waals surface area contributed by atoms with Gasteiger partial charge in [0.25, 0.3) is 5.91 Å². The molecule has 1 saturated heterocycles. The molecule has 0 aliphatic carbocycles. The van der Waals surface area contributed by atoms with E-state index in [4.69, 9.17) is 5.73 Å². The minimum atomic E-state index is 0.152. The topological polar surface area (TPSA) is 49.6 Å². The van der Waals surface area contributed by atoms with Crippen LogP contribution in [0.1, 0.15) is 22.3 Å². The van der Waals surface area contributed by atoms with Crippen LogP contribution in [0, 0.1) is 0 Å². The number of hydrogen-bond donors (Lipinski definition) is 1. The van der Waals surface area contributed by atoms with Crippen LogP contribution in [0.15, 0.2) is 24.3 Å². The van der Waals surface area contributed by atoms with E-state index in [2.05, 4.69) is 11.9 Å². The number of rotatable bonds is 3. The minimum absolute atomic E-state index is 0.152. The molecule has 0 unspecified atom stereocenters. The number of nitrogens with two attached hydrogens (primary N) is 1. The zero-order valence-electron chi connectivity index (χ0n) is 11.6. The summed E-state index contributed by atoms with van der Waals surface area (Å²) in [7, 11) is 2.11. The van der Waals surface area contributed by atoms with Crippen LogP contribution in [-0.4, -0.2) is 55.5 Å². The van der Waals surface area contributed by atoms with Crippen molar-refractivity contribution in [2.24, 2.45) is 5.73 Å². The summed E-state index contributed by atoms with van der Waals surface area (Å²) in [6.07, 6.45) is 1.80. The van der Waals surface area contributed by atoms with Gasteiger partial charge in [-0.25, -0.2) is 0 Å². The predicted octanol–water partition coefficient (Wildman–Crippen LogP) is 0.966. The lowest BCUT2D eigenvalue weighted by atomic mass is 10.0. The molecule has 4 nitrogen and oxygen atoms in total. The third-order valence-corrected chi connectivity index (χ3v) is 3.67. The number of amides is 1. The summed E-state index contributed by atoms with van der Waals surface area (Å²) in [6, 6.07) is 7.82. The molecule has 0 atom stereocenters. The van der Waals surface area contributed by atoms with E-state index in [9.17, 15) is 4.79 Å². The molecule has 2 N–H and O–H groups in total. The van der Waals surface area contributed by atoms with E-state index in [0.717, 1.165) is 50.1 Å². The van der Waals surface area contributed by atoms with Crippen LogP contribution in [0.5, 0.6) is 0 Å². The summed E-state index contributed by atoms with van der Waals surface area (Å²) in [5.74, 6) is 0.152. The Labute approximate surface area is 115 Å². The fourth-order valence-corrected chi connectivity index (χ4v) is 2.52.